The van der Waals surface area contributed by atoms with Gasteiger partial charge in [-0.3, -0.25) is 0 Å². The van der Waals surface area contributed by atoms with Crippen LogP contribution in [0.25, 0.3) is 0 Å². The standard InChI is InChI=1S/C12H16BrN5/c1-12(2,3)18-8-9(16-17-18)7-15-10-5-4-6-14-11(10)13/h4-6,8,15H,7H2,1-3H3. The van der Waals surface area contributed by atoms with Gasteiger partial charge in [0.15, 0.2) is 0 Å². The predicted octanol–water partition coefficient (Wildman–Crippen LogP) is 2.80. The molecule has 96 valence electrons. The number of nitrogens with one attached hydrogen (secondary N) is 1. The molecule has 0 aliphatic rings. The van der Waals surface area contributed by atoms with Gasteiger partial charge in [0.2, 0.25) is 0 Å². The monoisotopic (exact) mass is 309 g/mol. The van der Waals surface area contributed by atoms with E-state index in [-0.39, 0.29) is 5.54 Å². The first kappa shape index (κ1) is 13.0. The van der Waals surface area contributed by atoms with Gasteiger partial charge in [0.05, 0.1) is 24.0 Å². The Morgan fingerprint density at radius 3 is 2.78 bits per heavy atom. The third-order valence-electron chi connectivity index (χ3n) is 2.45. The normalized spacial score (nSPS) is 11.6. The second-order valence-electron chi connectivity index (χ2n) is 5.02. The zero-order chi connectivity index (χ0) is 13.2. The molecule has 18 heavy (non-hydrogen) atoms. The second kappa shape index (κ2) is 5.06. The Morgan fingerprint density at radius 2 is 2.17 bits per heavy atom. The van der Waals surface area contributed by atoms with Crippen molar-refractivity contribution >= 4 is 21.6 Å². The Bertz CT molecular complexity index is 529. The molecular weight excluding hydrogens is 294 g/mol. The smallest absolute Gasteiger partial charge is 0.129 e. The first-order valence-corrected chi connectivity index (χ1v) is 6.52. The molecule has 0 aliphatic heterocycles. The van der Waals surface area contributed by atoms with Crippen molar-refractivity contribution < 1.29 is 0 Å². The molecule has 2 aromatic rings. The lowest BCUT2D eigenvalue weighted by Gasteiger charge is -2.17. The fourth-order valence-electron chi connectivity index (χ4n) is 1.41. The molecule has 0 radical (unpaired) electrons. The van der Waals surface area contributed by atoms with Crippen LogP contribution in [0.4, 0.5) is 5.69 Å². The molecule has 1 N–H and O–H groups in total. The number of aromatic nitrogens is 4. The Balaban J connectivity index is 2.03. The highest BCUT2D eigenvalue weighted by atomic mass is 79.9. The average Bonchev–Trinajstić information content (AvgIpc) is 2.76. The summed E-state index contributed by atoms with van der Waals surface area (Å²) < 4.78 is 2.66. The number of nitrogens with zero attached hydrogens (tertiary/aromatic N) is 4. The van der Waals surface area contributed by atoms with Crippen molar-refractivity contribution in [2.24, 2.45) is 0 Å². The van der Waals surface area contributed by atoms with Crippen LogP contribution in [0, 0.1) is 0 Å². The summed E-state index contributed by atoms with van der Waals surface area (Å²) in [7, 11) is 0. The third kappa shape index (κ3) is 3.07. The predicted molar refractivity (Wildman–Crippen MR) is 74.3 cm³/mol. The molecule has 0 atom stereocenters. The van der Waals surface area contributed by atoms with Crippen molar-refractivity contribution in [1.29, 1.82) is 0 Å². The lowest BCUT2D eigenvalue weighted by atomic mass is 10.1. The van der Waals surface area contributed by atoms with E-state index in [1.54, 1.807) is 6.20 Å². The van der Waals surface area contributed by atoms with Crippen molar-refractivity contribution in [2.45, 2.75) is 32.9 Å². The molecule has 0 unspecified atom stereocenters. The lowest BCUT2D eigenvalue weighted by Crippen LogP contribution is -2.22. The molecule has 0 aliphatic carbocycles. The van der Waals surface area contributed by atoms with E-state index in [0.717, 1.165) is 16.0 Å². The van der Waals surface area contributed by atoms with Gasteiger partial charge in [-0.2, -0.15) is 0 Å². The van der Waals surface area contributed by atoms with Gasteiger partial charge in [0.25, 0.3) is 0 Å². The van der Waals surface area contributed by atoms with Crippen LogP contribution in [-0.2, 0) is 12.1 Å². The molecule has 0 fully saturated rings. The number of halogens is 1. The van der Waals surface area contributed by atoms with Crippen LogP contribution in [0.2, 0.25) is 0 Å². The van der Waals surface area contributed by atoms with Crippen LogP contribution in [0.1, 0.15) is 26.5 Å². The summed E-state index contributed by atoms with van der Waals surface area (Å²) in [6.07, 6.45) is 3.70. The number of pyridine rings is 1. The van der Waals surface area contributed by atoms with E-state index in [2.05, 4.69) is 57.3 Å². The molecule has 2 heterocycles. The van der Waals surface area contributed by atoms with Gasteiger partial charge < -0.3 is 5.32 Å². The van der Waals surface area contributed by atoms with Gasteiger partial charge in [-0.25, -0.2) is 9.67 Å². The molecule has 0 saturated heterocycles. The summed E-state index contributed by atoms with van der Waals surface area (Å²) in [5.41, 5.74) is 1.81. The van der Waals surface area contributed by atoms with E-state index in [1.165, 1.54) is 0 Å². The molecule has 0 saturated carbocycles. The highest BCUT2D eigenvalue weighted by Gasteiger charge is 2.14. The van der Waals surface area contributed by atoms with Gasteiger partial charge in [-0.05, 0) is 48.8 Å². The highest BCUT2D eigenvalue weighted by Crippen LogP contribution is 2.19. The topological polar surface area (TPSA) is 55.6 Å². The summed E-state index contributed by atoms with van der Waals surface area (Å²) in [5.74, 6) is 0. The Morgan fingerprint density at radius 1 is 1.39 bits per heavy atom. The number of rotatable bonds is 3. The van der Waals surface area contributed by atoms with Crippen LogP contribution < -0.4 is 5.32 Å². The van der Waals surface area contributed by atoms with E-state index in [0.29, 0.717) is 6.54 Å². The van der Waals surface area contributed by atoms with E-state index in [9.17, 15) is 0 Å². The highest BCUT2D eigenvalue weighted by molar-refractivity contribution is 9.10. The molecule has 0 aromatic carbocycles. The van der Waals surface area contributed by atoms with Crippen LogP contribution in [-0.4, -0.2) is 20.0 Å². The van der Waals surface area contributed by atoms with Crippen molar-refractivity contribution in [3.63, 3.8) is 0 Å². The molecule has 0 spiro atoms. The zero-order valence-electron chi connectivity index (χ0n) is 10.7. The molecular formula is C12H16BrN5. The van der Waals surface area contributed by atoms with E-state index in [1.807, 2.05) is 23.0 Å². The first-order valence-electron chi connectivity index (χ1n) is 5.73. The van der Waals surface area contributed by atoms with Crippen molar-refractivity contribution in [3.8, 4) is 0 Å². The summed E-state index contributed by atoms with van der Waals surface area (Å²) in [6.45, 7) is 6.91. The van der Waals surface area contributed by atoms with Gasteiger partial charge in [0.1, 0.15) is 10.3 Å². The molecule has 2 rings (SSSR count). The summed E-state index contributed by atoms with van der Waals surface area (Å²) in [5, 5.41) is 11.5. The number of anilines is 1. The van der Waals surface area contributed by atoms with Gasteiger partial charge >= 0.3 is 0 Å². The maximum Gasteiger partial charge on any atom is 0.129 e. The minimum atomic E-state index is -0.0415. The number of hydrogen-bond donors (Lipinski definition) is 1. The lowest BCUT2D eigenvalue weighted by molar-refractivity contribution is 0.347. The quantitative estimate of drug-likeness (QED) is 0.886. The third-order valence-corrected chi connectivity index (χ3v) is 3.08. The molecule has 6 heteroatoms. The van der Waals surface area contributed by atoms with Gasteiger partial charge in [0, 0.05) is 6.20 Å². The van der Waals surface area contributed by atoms with Crippen LogP contribution >= 0.6 is 15.9 Å². The van der Waals surface area contributed by atoms with Gasteiger partial charge in [-0.15, -0.1) is 5.10 Å². The van der Waals surface area contributed by atoms with Crippen LogP contribution in [0.5, 0.6) is 0 Å². The largest absolute Gasteiger partial charge is 0.377 e. The number of hydrogen-bond acceptors (Lipinski definition) is 4. The summed E-state index contributed by atoms with van der Waals surface area (Å²) in [4.78, 5) is 4.15. The molecule has 0 bridgehead atoms. The van der Waals surface area contributed by atoms with E-state index >= 15 is 0 Å². The average molecular weight is 310 g/mol. The summed E-state index contributed by atoms with van der Waals surface area (Å²) in [6, 6.07) is 3.85. The van der Waals surface area contributed by atoms with Crippen molar-refractivity contribution in [2.75, 3.05) is 5.32 Å². The minimum Gasteiger partial charge on any atom is -0.377 e. The Hall–Kier alpha value is -1.43. The van der Waals surface area contributed by atoms with E-state index in [4.69, 9.17) is 0 Å². The first-order chi connectivity index (χ1) is 8.47. The van der Waals surface area contributed by atoms with Gasteiger partial charge in [-0.1, -0.05) is 5.21 Å². The molecule has 2 aromatic heterocycles. The van der Waals surface area contributed by atoms with E-state index < -0.39 is 0 Å². The fraction of sp³-hybridized carbons (Fsp3) is 0.417. The maximum absolute atomic E-state index is 4.15. The fourth-order valence-corrected chi connectivity index (χ4v) is 1.80. The second-order valence-corrected chi connectivity index (χ2v) is 5.77. The Labute approximate surface area is 115 Å². The van der Waals surface area contributed by atoms with Crippen molar-refractivity contribution in [1.82, 2.24) is 20.0 Å². The minimum absolute atomic E-state index is 0.0415. The summed E-state index contributed by atoms with van der Waals surface area (Å²) >= 11 is 3.39. The molecule has 0 amide bonds. The molecule has 5 nitrogen and oxygen atoms in total. The SMILES string of the molecule is CC(C)(C)n1cc(CNc2cccnc2Br)nn1. The van der Waals surface area contributed by atoms with Crippen LogP contribution in [0.15, 0.2) is 29.1 Å². The van der Waals surface area contributed by atoms with Crippen molar-refractivity contribution in [3.05, 3.63) is 34.8 Å². The maximum atomic E-state index is 4.15. The zero-order valence-corrected chi connectivity index (χ0v) is 12.3. The van der Waals surface area contributed by atoms with Crippen LogP contribution in [0.3, 0.4) is 0 Å². The Kier molecular flexibility index (Phi) is 3.65.